The fourth-order valence-electron chi connectivity index (χ4n) is 3.94. The van der Waals surface area contributed by atoms with Crippen molar-refractivity contribution < 1.29 is 4.79 Å². The van der Waals surface area contributed by atoms with Crippen molar-refractivity contribution in [2.45, 2.75) is 43.8 Å². The van der Waals surface area contributed by atoms with E-state index in [9.17, 15) is 4.79 Å². The van der Waals surface area contributed by atoms with E-state index in [1.165, 1.54) is 24.0 Å². The highest BCUT2D eigenvalue weighted by atomic mass is 16.1. The Bertz CT molecular complexity index is 744. The summed E-state index contributed by atoms with van der Waals surface area (Å²) in [5, 5.41) is 6.60. The fraction of sp³-hybridized carbons (Fsp3) is 0.350. The molecule has 2 aliphatic rings. The number of amides is 1. The van der Waals surface area contributed by atoms with E-state index in [0.717, 1.165) is 11.3 Å². The molecular formula is C20H23N3O. The quantitative estimate of drug-likeness (QED) is 0.793. The van der Waals surface area contributed by atoms with Gasteiger partial charge in [-0.1, -0.05) is 36.4 Å². The summed E-state index contributed by atoms with van der Waals surface area (Å²) < 4.78 is 0. The van der Waals surface area contributed by atoms with Crippen LogP contribution >= 0.6 is 0 Å². The molecule has 1 amide bonds. The minimum Gasteiger partial charge on any atom is -0.327 e. The highest BCUT2D eigenvalue weighted by molar-refractivity contribution is 5.91. The van der Waals surface area contributed by atoms with Crippen LogP contribution in [-0.4, -0.2) is 11.9 Å². The molecule has 2 heterocycles. The van der Waals surface area contributed by atoms with Gasteiger partial charge in [-0.2, -0.15) is 0 Å². The van der Waals surface area contributed by atoms with Gasteiger partial charge in [0.05, 0.1) is 0 Å². The Morgan fingerprint density at radius 3 is 2.67 bits per heavy atom. The number of nitrogens with one attached hydrogen (secondary N) is 2. The second-order valence-corrected chi connectivity index (χ2v) is 6.89. The van der Waals surface area contributed by atoms with E-state index < -0.39 is 0 Å². The fourth-order valence-corrected chi connectivity index (χ4v) is 3.94. The van der Waals surface area contributed by atoms with Gasteiger partial charge in [0.2, 0.25) is 5.91 Å². The second-order valence-electron chi connectivity index (χ2n) is 6.89. The van der Waals surface area contributed by atoms with Crippen molar-refractivity contribution in [2.24, 2.45) is 5.73 Å². The molecule has 24 heavy (non-hydrogen) atoms. The van der Waals surface area contributed by atoms with E-state index >= 15 is 0 Å². The number of nitrogens with two attached hydrogens (primary N) is 1. The van der Waals surface area contributed by atoms with Gasteiger partial charge in [-0.3, -0.25) is 4.79 Å². The average molecular weight is 321 g/mol. The molecule has 4 N–H and O–H groups in total. The summed E-state index contributed by atoms with van der Waals surface area (Å²) in [6.07, 6.45) is 3.46. The molecule has 0 spiro atoms. The van der Waals surface area contributed by atoms with Crippen molar-refractivity contribution in [1.82, 2.24) is 5.32 Å². The van der Waals surface area contributed by atoms with Gasteiger partial charge >= 0.3 is 0 Å². The predicted molar refractivity (Wildman–Crippen MR) is 95.7 cm³/mol. The first-order chi connectivity index (χ1) is 11.7. The highest BCUT2D eigenvalue weighted by Gasteiger charge is 2.36. The molecule has 2 aliphatic heterocycles. The Labute approximate surface area is 142 Å². The molecule has 0 aromatic heterocycles. The third-order valence-corrected chi connectivity index (χ3v) is 5.06. The summed E-state index contributed by atoms with van der Waals surface area (Å²) in [6, 6.07) is 17.1. The lowest BCUT2D eigenvalue weighted by Gasteiger charge is -2.16. The zero-order valence-corrected chi connectivity index (χ0v) is 13.7. The minimum absolute atomic E-state index is 0.0190. The van der Waals surface area contributed by atoms with Gasteiger partial charge in [-0.05, 0) is 48.1 Å². The summed E-state index contributed by atoms with van der Waals surface area (Å²) in [5.41, 5.74) is 10.9. The number of rotatable bonds is 5. The Morgan fingerprint density at radius 2 is 1.88 bits per heavy atom. The van der Waals surface area contributed by atoms with Crippen LogP contribution in [0, 0.1) is 0 Å². The van der Waals surface area contributed by atoms with Crippen molar-refractivity contribution in [1.29, 1.82) is 0 Å². The number of hydrogen-bond donors (Lipinski definition) is 3. The number of hydrogen-bond acceptors (Lipinski definition) is 3. The van der Waals surface area contributed by atoms with Gasteiger partial charge < -0.3 is 16.4 Å². The Kier molecular flexibility index (Phi) is 4.08. The summed E-state index contributed by atoms with van der Waals surface area (Å²) >= 11 is 0. The van der Waals surface area contributed by atoms with Crippen LogP contribution in [0.3, 0.4) is 0 Å². The van der Waals surface area contributed by atoms with Crippen molar-refractivity contribution in [2.75, 3.05) is 5.32 Å². The smallest absolute Gasteiger partial charge is 0.225 e. The largest absolute Gasteiger partial charge is 0.327 e. The zero-order valence-electron chi connectivity index (χ0n) is 13.7. The van der Waals surface area contributed by atoms with E-state index in [-0.39, 0.29) is 11.9 Å². The van der Waals surface area contributed by atoms with Gasteiger partial charge in [0.1, 0.15) is 0 Å². The second kappa shape index (κ2) is 6.38. The monoisotopic (exact) mass is 321 g/mol. The maximum atomic E-state index is 12.3. The molecule has 2 bridgehead atoms. The summed E-state index contributed by atoms with van der Waals surface area (Å²) in [4.78, 5) is 12.3. The van der Waals surface area contributed by atoms with E-state index in [4.69, 9.17) is 5.73 Å². The van der Waals surface area contributed by atoms with Crippen LogP contribution in [0.1, 0.15) is 48.0 Å². The molecule has 4 rings (SSSR count). The lowest BCUT2D eigenvalue weighted by molar-refractivity contribution is -0.116. The van der Waals surface area contributed by atoms with Gasteiger partial charge in [0, 0.05) is 30.2 Å². The molecule has 0 aliphatic carbocycles. The minimum atomic E-state index is -0.167. The molecule has 4 nitrogen and oxygen atoms in total. The van der Waals surface area contributed by atoms with E-state index in [1.807, 2.05) is 36.4 Å². The van der Waals surface area contributed by atoms with Crippen molar-refractivity contribution in [3.8, 4) is 0 Å². The number of carbonyl (C=O) groups is 1. The van der Waals surface area contributed by atoms with Crippen molar-refractivity contribution in [3.05, 3.63) is 65.2 Å². The van der Waals surface area contributed by atoms with Crippen molar-refractivity contribution >= 4 is 11.6 Å². The SMILES string of the molecule is NC(CC(=O)Nc1ccc2c(c1)C1CCC2N1)Cc1ccccc1. The van der Waals surface area contributed by atoms with Crippen LogP contribution in [0.15, 0.2) is 48.5 Å². The van der Waals surface area contributed by atoms with Gasteiger partial charge in [-0.25, -0.2) is 0 Å². The number of anilines is 1. The Balaban J connectivity index is 1.36. The van der Waals surface area contributed by atoms with Crippen molar-refractivity contribution in [3.63, 3.8) is 0 Å². The summed E-state index contributed by atoms with van der Waals surface area (Å²) in [7, 11) is 0. The van der Waals surface area contributed by atoms with E-state index in [0.29, 0.717) is 24.9 Å². The summed E-state index contributed by atoms with van der Waals surface area (Å²) in [5.74, 6) is -0.0190. The third kappa shape index (κ3) is 3.07. The third-order valence-electron chi connectivity index (χ3n) is 5.06. The molecule has 1 saturated heterocycles. The molecule has 0 saturated carbocycles. The normalized spacial score (nSPS) is 22.2. The molecule has 2 aromatic carbocycles. The Morgan fingerprint density at radius 1 is 1.12 bits per heavy atom. The maximum Gasteiger partial charge on any atom is 0.225 e. The van der Waals surface area contributed by atoms with Crippen LogP contribution in [-0.2, 0) is 11.2 Å². The molecule has 2 aromatic rings. The molecule has 1 fully saturated rings. The topological polar surface area (TPSA) is 67.2 Å². The molecule has 124 valence electrons. The highest BCUT2D eigenvalue weighted by Crippen LogP contribution is 2.45. The van der Waals surface area contributed by atoms with E-state index in [1.54, 1.807) is 0 Å². The lowest BCUT2D eigenvalue weighted by Crippen LogP contribution is -2.29. The Hall–Kier alpha value is -2.17. The van der Waals surface area contributed by atoms with Gasteiger partial charge in [0.25, 0.3) is 0 Å². The van der Waals surface area contributed by atoms with Gasteiger partial charge in [-0.15, -0.1) is 0 Å². The zero-order chi connectivity index (χ0) is 16.5. The molecule has 0 radical (unpaired) electrons. The molecule has 4 heteroatoms. The van der Waals surface area contributed by atoms with Crippen LogP contribution in [0.5, 0.6) is 0 Å². The standard InChI is InChI=1S/C20H23N3O/c21-14(10-13-4-2-1-3-5-13)11-20(24)22-15-6-7-16-17(12-15)19-9-8-18(16)23-19/h1-7,12,14,18-19,23H,8-11,21H2,(H,22,24). The molecule has 3 unspecified atom stereocenters. The van der Waals surface area contributed by atoms with Crippen LogP contribution in [0.25, 0.3) is 0 Å². The van der Waals surface area contributed by atoms with Crippen LogP contribution in [0.4, 0.5) is 5.69 Å². The predicted octanol–water partition coefficient (Wildman–Crippen LogP) is 3.06. The number of benzene rings is 2. The van der Waals surface area contributed by atoms with Crippen LogP contribution in [0.2, 0.25) is 0 Å². The van der Waals surface area contributed by atoms with E-state index in [2.05, 4.69) is 22.8 Å². The average Bonchev–Trinajstić information content (AvgIpc) is 3.17. The number of fused-ring (bicyclic) bond motifs is 5. The first kappa shape index (κ1) is 15.4. The maximum absolute atomic E-state index is 12.3. The summed E-state index contributed by atoms with van der Waals surface area (Å²) in [6.45, 7) is 0. The molecular weight excluding hydrogens is 298 g/mol. The molecule has 3 atom stereocenters. The van der Waals surface area contributed by atoms with Crippen LogP contribution < -0.4 is 16.4 Å². The lowest BCUT2D eigenvalue weighted by atomic mass is 9.91. The number of carbonyl (C=O) groups excluding carboxylic acids is 1. The first-order valence-electron chi connectivity index (χ1n) is 8.68. The van der Waals surface area contributed by atoms with Gasteiger partial charge in [0.15, 0.2) is 0 Å². The first-order valence-corrected chi connectivity index (χ1v) is 8.68.